The van der Waals surface area contributed by atoms with E-state index in [1.165, 1.54) is 24.0 Å². The molecule has 1 heterocycles. The summed E-state index contributed by atoms with van der Waals surface area (Å²) in [5.41, 5.74) is 4.29. The van der Waals surface area contributed by atoms with E-state index in [1.807, 2.05) is 12.3 Å². The number of hydrogen-bond donors (Lipinski definition) is 0. The second-order valence-electron chi connectivity index (χ2n) is 5.38. The number of benzene rings is 1. The molecule has 0 amide bonds. The fourth-order valence-electron chi connectivity index (χ4n) is 3.21. The molecule has 1 fully saturated rings. The maximum absolute atomic E-state index is 4.51. The van der Waals surface area contributed by atoms with Gasteiger partial charge in [0.2, 0.25) is 0 Å². The van der Waals surface area contributed by atoms with Crippen LogP contribution in [0.15, 0.2) is 48.7 Å². The number of pyridine rings is 1. The van der Waals surface area contributed by atoms with Crippen LogP contribution in [0.2, 0.25) is 0 Å². The summed E-state index contributed by atoms with van der Waals surface area (Å²) in [6.45, 7) is 4.66. The molecule has 0 saturated heterocycles. The lowest BCUT2D eigenvalue weighted by molar-refractivity contribution is 0.608. The molecule has 1 saturated carbocycles. The van der Waals surface area contributed by atoms with Gasteiger partial charge in [-0.1, -0.05) is 44.2 Å². The van der Waals surface area contributed by atoms with E-state index in [0.717, 1.165) is 11.6 Å². The van der Waals surface area contributed by atoms with Gasteiger partial charge in [-0.25, -0.2) is 0 Å². The van der Waals surface area contributed by atoms with Crippen molar-refractivity contribution in [3.05, 3.63) is 54.2 Å². The minimum atomic E-state index is 0.397. The Morgan fingerprint density at radius 2 is 1.89 bits per heavy atom. The first kappa shape index (κ1) is 11.5. The summed E-state index contributed by atoms with van der Waals surface area (Å²) in [7, 11) is 0. The second kappa shape index (κ2) is 4.24. The highest BCUT2D eigenvalue weighted by Crippen LogP contribution is 2.58. The second-order valence-corrected chi connectivity index (χ2v) is 5.38. The first-order valence-corrected chi connectivity index (χ1v) is 6.79. The summed E-state index contributed by atoms with van der Waals surface area (Å²) in [6, 6.07) is 14.9. The van der Waals surface area contributed by atoms with Gasteiger partial charge in [-0.3, -0.25) is 4.98 Å². The molecule has 0 aliphatic heterocycles. The van der Waals surface area contributed by atoms with Crippen LogP contribution in [0.5, 0.6) is 0 Å². The molecule has 92 valence electrons. The van der Waals surface area contributed by atoms with Crippen molar-refractivity contribution < 1.29 is 0 Å². The van der Waals surface area contributed by atoms with Crippen molar-refractivity contribution in [3.63, 3.8) is 0 Å². The number of aromatic nitrogens is 1. The summed E-state index contributed by atoms with van der Waals surface area (Å²) >= 11 is 0. The summed E-state index contributed by atoms with van der Waals surface area (Å²) < 4.78 is 0. The van der Waals surface area contributed by atoms with Crippen LogP contribution < -0.4 is 0 Å². The lowest BCUT2D eigenvalue weighted by Gasteiger charge is -2.19. The monoisotopic (exact) mass is 237 g/mol. The Labute approximate surface area is 109 Å². The Morgan fingerprint density at radius 3 is 2.50 bits per heavy atom. The minimum Gasteiger partial charge on any atom is -0.256 e. The maximum Gasteiger partial charge on any atom is 0.0704 e. The van der Waals surface area contributed by atoms with E-state index in [4.69, 9.17) is 0 Å². The predicted molar refractivity (Wildman–Crippen MR) is 75.4 cm³/mol. The number of hydrogen-bond acceptors (Lipinski definition) is 1. The third-order valence-electron chi connectivity index (χ3n) is 4.49. The van der Waals surface area contributed by atoms with E-state index in [0.29, 0.717) is 5.41 Å². The molecule has 1 heteroatoms. The van der Waals surface area contributed by atoms with Crippen LogP contribution in [-0.4, -0.2) is 4.98 Å². The summed E-state index contributed by atoms with van der Waals surface area (Å²) in [5.74, 6) is 0.798. The lowest BCUT2D eigenvalue weighted by Crippen LogP contribution is -2.09. The first-order chi connectivity index (χ1) is 8.78. The molecule has 0 bridgehead atoms. The molecule has 1 aliphatic carbocycles. The van der Waals surface area contributed by atoms with E-state index < -0.39 is 0 Å². The molecule has 1 aromatic heterocycles. The highest BCUT2D eigenvalue weighted by molar-refractivity contribution is 5.66. The summed E-state index contributed by atoms with van der Waals surface area (Å²) in [6.07, 6.45) is 4.41. The van der Waals surface area contributed by atoms with E-state index in [-0.39, 0.29) is 0 Å². The molecule has 0 spiro atoms. The average molecular weight is 237 g/mol. The van der Waals surface area contributed by atoms with Gasteiger partial charge in [0.05, 0.1) is 5.69 Å². The van der Waals surface area contributed by atoms with Crippen molar-refractivity contribution in [3.8, 4) is 11.3 Å². The Morgan fingerprint density at radius 1 is 1.17 bits per heavy atom. The first-order valence-electron chi connectivity index (χ1n) is 6.79. The average Bonchev–Trinajstić information content (AvgIpc) is 3.12. The van der Waals surface area contributed by atoms with Crippen molar-refractivity contribution in [2.24, 2.45) is 5.92 Å². The van der Waals surface area contributed by atoms with Crippen LogP contribution in [0.1, 0.15) is 32.3 Å². The molecule has 18 heavy (non-hydrogen) atoms. The van der Waals surface area contributed by atoms with Crippen molar-refractivity contribution in [1.82, 2.24) is 4.98 Å². The van der Waals surface area contributed by atoms with Crippen LogP contribution in [0.3, 0.4) is 0 Å². The SMILES string of the molecule is CCC1(c2ccccc2-c2ccccn2)C[C@@H]1C. The molecule has 3 rings (SSSR count). The van der Waals surface area contributed by atoms with Crippen molar-refractivity contribution in [2.75, 3.05) is 0 Å². The van der Waals surface area contributed by atoms with Crippen LogP contribution in [0.4, 0.5) is 0 Å². The molecule has 1 aliphatic rings. The molecular weight excluding hydrogens is 218 g/mol. The van der Waals surface area contributed by atoms with Crippen molar-refractivity contribution >= 4 is 0 Å². The number of nitrogens with zero attached hydrogens (tertiary/aromatic N) is 1. The summed E-state index contributed by atoms with van der Waals surface area (Å²) in [5, 5.41) is 0. The Bertz CT molecular complexity index is 543. The molecule has 2 atom stereocenters. The van der Waals surface area contributed by atoms with Crippen LogP contribution >= 0.6 is 0 Å². The fourth-order valence-corrected chi connectivity index (χ4v) is 3.21. The van der Waals surface area contributed by atoms with Gasteiger partial charge in [0.15, 0.2) is 0 Å². The zero-order valence-electron chi connectivity index (χ0n) is 11.1. The van der Waals surface area contributed by atoms with Gasteiger partial charge in [-0.05, 0) is 41.9 Å². The maximum atomic E-state index is 4.51. The number of rotatable bonds is 3. The van der Waals surface area contributed by atoms with E-state index in [9.17, 15) is 0 Å². The third kappa shape index (κ3) is 1.66. The quantitative estimate of drug-likeness (QED) is 0.769. The Balaban J connectivity index is 2.12. The van der Waals surface area contributed by atoms with Crippen LogP contribution in [-0.2, 0) is 5.41 Å². The third-order valence-corrected chi connectivity index (χ3v) is 4.49. The molecule has 1 nitrogen and oxygen atoms in total. The van der Waals surface area contributed by atoms with Crippen molar-refractivity contribution in [1.29, 1.82) is 0 Å². The molecule has 2 aromatic rings. The van der Waals surface area contributed by atoms with E-state index >= 15 is 0 Å². The largest absolute Gasteiger partial charge is 0.256 e. The van der Waals surface area contributed by atoms with Gasteiger partial charge in [-0.15, -0.1) is 0 Å². The Hall–Kier alpha value is -1.63. The van der Waals surface area contributed by atoms with Crippen molar-refractivity contribution in [2.45, 2.75) is 32.1 Å². The van der Waals surface area contributed by atoms with Gasteiger partial charge in [0, 0.05) is 11.8 Å². The van der Waals surface area contributed by atoms with Gasteiger partial charge in [0.25, 0.3) is 0 Å². The molecule has 0 N–H and O–H groups in total. The topological polar surface area (TPSA) is 12.9 Å². The van der Waals surface area contributed by atoms with Crippen LogP contribution in [0.25, 0.3) is 11.3 Å². The van der Waals surface area contributed by atoms with Crippen LogP contribution in [0, 0.1) is 5.92 Å². The normalized spacial score (nSPS) is 26.0. The van der Waals surface area contributed by atoms with E-state index in [1.54, 1.807) is 0 Å². The lowest BCUT2D eigenvalue weighted by atomic mass is 9.86. The van der Waals surface area contributed by atoms with Gasteiger partial charge >= 0.3 is 0 Å². The summed E-state index contributed by atoms with van der Waals surface area (Å²) in [4.78, 5) is 4.51. The van der Waals surface area contributed by atoms with Gasteiger partial charge in [0.1, 0.15) is 0 Å². The molecular formula is C17H19N. The van der Waals surface area contributed by atoms with Gasteiger partial charge in [-0.2, -0.15) is 0 Å². The Kier molecular flexibility index (Phi) is 2.70. The zero-order chi connectivity index (χ0) is 12.6. The fraction of sp³-hybridized carbons (Fsp3) is 0.353. The molecule has 0 radical (unpaired) electrons. The van der Waals surface area contributed by atoms with E-state index in [2.05, 4.69) is 55.2 Å². The highest BCUT2D eigenvalue weighted by atomic mass is 14.7. The standard InChI is InChI=1S/C17H19N/c1-3-17(12-13(17)2)15-9-5-4-8-14(15)16-10-6-7-11-18-16/h4-11,13H,3,12H2,1-2H3/t13-,17?/m0/s1. The minimum absolute atomic E-state index is 0.397. The predicted octanol–water partition coefficient (Wildman–Crippen LogP) is 4.44. The van der Waals surface area contributed by atoms with Gasteiger partial charge < -0.3 is 0 Å². The highest BCUT2D eigenvalue weighted by Gasteiger charge is 2.51. The zero-order valence-corrected chi connectivity index (χ0v) is 11.1. The molecule has 1 unspecified atom stereocenters. The molecule has 1 aromatic carbocycles. The smallest absolute Gasteiger partial charge is 0.0704 e.